The number of nitrogens with zero attached hydrogens (tertiary/aromatic N) is 3. The average Bonchev–Trinajstić information content (AvgIpc) is 2.61. The Labute approximate surface area is 133 Å². The summed E-state index contributed by atoms with van der Waals surface area (Å²) in [4.78, 5) is 12.8. The highest BCUT2D eigenvalue weighted by molar-refractivity contribution is 5.40. The maximum absolute atomic E-state index is 12.9. The predicted molar refractivity (Wildman–Crippen MR) is 87.3 cm³/mol. The molecule has 0 amide bonds. The predicted octanol–water partition coefficient (Wildman–Crippen LogP) is 3.23. The molecule has 0 spiro atoms. The highest BCUT2D eigenvalue weighted by atomic mass is 19.1. The molecule has 116 valence electrons. The van der Waals surface area contributed by atoms with Gasteiger partial charge < -0.3 is 10.6 Å². The number of benzene rings is 1. The molecule has 2 aromatic heterocycles. The minimum atomic E-state index is -0.245. The maximum atomic E-state index is 12.9. The Balaban J connectivity index is 1.57. The molecule has 1 aromatic carbocycles. The van der Waals surface area contributed by atoms with E-state index in [-0.39, 0.29) is 5.82 Å². The molecule has 5 nitrogen and oxygen atoms in total. The summed E-state index contributed by atoms with van der Waals surface area (Å²) in [7, 11) is 0. The van der Waals surface area contributed by atoms with Crippen molar-refractivity contribution < 1.29 is 4.39 Å². The molecule has 0 aliphatic carbocycles. The lowest BCUT2D eigenvalue weighted by molar-refractivity contribution is 0.627. The molecule has 3 rings (SSSR count). The van der Waals surface area contributed by atoms with Crippen LogP contribution in [0.25, 0.3) is 0 Å². The molecule has 0 aliphatic rings. The maximum Gasteiger partial charge on any atom is 0.224 e. The normalized spacial score (nSPS) is 10.3. The van der Waals surface area contributed by atoms with Crippen molar-refractivity contribution in [3.05, 3.63) is 78.0 Å². The van der Waals surface area contributed by atoms with Crippen molar-refractivity contribution in [2.24, 2.45) is 0 Å². The summed E-state index contributed by atoms with van der Waals surface area (Å²) in [5.74, 6) is 0.985. The lowest BCUT2D eigenvalue weighted by Gasteiger charge is -2.08. The third-order valence-electron chi connectivity index (χ3n) is 3.20. The van der Waals surface area contributed by atoms with Gasteiger partial charge in [-0.05, 0) is 35.9 Å². The van der Waals surface area contributed by atoms with Gasteiger partial charge in [-0.25, -0.2) is 9.37 Å². The van der Waals surface area contributed by atoms with Crippen LogP contribution >= 0.6 is 0 Å². The summed E-state index contributed by atoms with van der Waals surface area (Å²) in [6.45, 7) is 1.12. The van der Waals surface area contributed by atoms with Crippen LogP contribution in [0.1, 0.15) is 11.3 Å². The molecule has 0 saturated carbocycles. The van der Waals surface area contributed by atoms with Crippen molar-refractivity contribution in [2.45, 2.75) is 13.1 Å². The number of aromatic nitrogens is 3. The lowest BCUT2D eigenvalue weighted by Crippen LogP contribution is -2.07. The van der Waals surface area contributed by atoms with Crippen LogP contribution in [0, 0.1) is 5.82 Å². The van der Waals surface area contributed by atoms with Crippen LogP contribution in [0.5, 0.6) is 0 Å². The Kier molecular flexibility index (Phi) is 4.73. The molecule has 3 aromatic rings. The van der Waals surface area contributed by atoms with Gasteiger partial charge in [-0.15, -0.1) is 0 Å². The first-order valence-electron chi connectivity index (χ1n) is 7.25. The Bertz CT molecular complexity index is 746. The molecule has 2 N–H and O–H groups in total. The van der Waals surface area contributed by atoms with E-state index >= 15 is 0 Å². The molecule has 0 radical (unpaired) electrons. The van der Waals surface area contributed by atoms with Gasteiger partial charge in [-0.1, -0.05) is 18.2 Å². The van der Waals surface area contributed by atoms with Gasteiger partial charge in [0.1, 0.15) is 11.6 Å². The van der Waals surface area contributed by atoms with Crippen molar-refractivity contribution >= 4 is 11.8 Å². The molecular weight excluding hydrogens is 293 g/mol. The van der Waals surface area contributed by atoms with Crippen molar-refractivity contribution in [1.82, 2.24) is 15.0 Å². The third-order valence-corrected chi connectivity index (χ3v) is 3.20. The van der Waals surface area contributed by atoms with E-state index in [0.717, 1.165) is 11.3 Å². The van der Waals surface area contributed by atoms with E-state index in [9.17, 15) is 4.39 Å². The minimum Gasteiger partial charge on any atom is -0.364 e. The van der Waals surface area contributed by atoms with Crippen LogP contribution in [0.15, 0.2) is 60.9 Å². The molecule has 0 atom stereocenters. The number of pyridine rings is 1. The minimum absolute atomic E-state index is 0.245. The second kappa shape index (κ2) is 7.31. The Morgan fingerprint density at radius 3 is 2.48 bits per heavy atom. The van der Waals surface area contributed by atoms with Crippen molar-refractivity contribution in [3.63, 3.8) is 0 Å². The van der Waals surface area contributed by atoms with E-state index in [4.69, 9.17) is 0 Å². The summed E-state index contributed by atoms with van der Waals surface area (Å²) in [6, 6.07) is 13.9. The standard InChI is InChI=1S/C17H16FN5/c18-14-6-4-13(5-7-14)11-22-17-20-10-8-16(23-17)21-12-15-3-1-2-9-19-15/h1-10H,11-12H2,(H2,20,21,22,23). The van der Waals surface area contributed by atoms with Crippen molar-refractivity contribution in [2.75, 3.05) is 10.6 Å². The van der Waals surface area contributed by atoms with E-state index in [0.29, 0.717) is 24.9 Å². The summed E-state index contributed by atoms with van der Waals surface area (Å²) in [5, 5.41) is 6.32. The quantitative estimate of drug-likeness (QED) is 0.732. The van der Waals surface area contributed by atoms with Gasteiger partial charge >= 0.3 is 0 Å². The number of hydrogen-bond acceptors (Lipinski definition) is 5. The van der Waals surface area contributed by atoms with Gasteiger partial charge in [0.15, 0.2) is 0 Å². The fraction of sp³-hybridized carbons (Fsp3) is 0.118. The molecule has 0 bridgehead atoms. The number of hydrogen-bond donors (Lipinski definition) is 2. The zero-order valence-electron chi connectivity index (χ0n) is 12.4. The Morgan fingerprint density at radius 1 is 0.826 bits per heavy atom. The highest BCUT2D eigenvalue weighted by Crippen LogP contribution is 2.09. The van der Waals surface area contributed by atoms with E-state index in [1.807, 2.05) is 18.2 Å². The van der Waals surface area contributed by atoms with E-state index < -0.39 is 0 Å². The largest absolute Gasteiger partial charge is 0.364 e. The molecule has 0 aliphatic heterocycles. The summed E-state index contributed by atoms with van der Waals surface area (Å²) >= 11 is 0. The van der Waals surface area contributed by atoms with Crippen molar-refractivity contribution in [1.29, 1.82) is 0 Å². The number of anilines is 2. The summed E-state index contributed by atoms with van der Waals surface area (Å²) in [6.07, 6.45) is 3.44. The van der Waals surface area contributed by atoms with Crippen LogP contribution < -0.4 is 10.6 Å². The van der Waals surface area contributed by atoms with Gasteiger partial charge in [0.2, 0.25) is 5.95 Å². The van der Waals surface area contributed by atoms with Crippen LogP contribution in [0.2, 0.25) is 0 Å². The molecular formula is C17H16FN5. The molecule has 6 heteroatoms. The number of rotatable bonds is 6. The average molecular weight is 309 g/mol. The van der Waals surface area contributed by atoms with E-state index in [1.165, 1.54) is 12.1 Å². The fourth-order valence-corrected chi connectivity index (χ4v) is 2.01. The first-order valence-corrected chi connectivity index (χ1v) is 7.25. The highest BCUT2D eigenvalue weighted by Gasteiger charge is 2.00. The molecule has 0 unspecified atom stereocenters. The first-order chi connectivity index (χ1) is 11.3. The first kappa shape index (κ1) is 14.9. The van der Waals surface area contributed by atoms with Crippen LogP contribution in [-0.2, 0) is 13.1 Å². The molecule has 0 saturated heterocycles. The van der Waals surface area contributed by atoms with Gasteiger partial charge in [0.05, 0.1) is 12.2 Å². The van der Waals surface area contributed by atoms with Gasteiger partial charge in [-0.2, -0.15) is 4.98 Å². The summed E-state index contributed by atoms with van der Waals surface area (Å²) in [5.41, 5.74) is 1.90. The second-order valence-corrected chi connectivity index (χ2v) is 4.92. The molecule has 23 heavy (non-hydrogen) atoms. The van der Waals surface area contributed by atoms with Crippen molar-refractivity contribution in [3.8, 4) is 0 Å². The Morgan fingerprint density at radius 2 is 1.70 bits per heavy atom. The smallest absolute Gasteiger partial charge is 0.224 e. The number of nitrogens with one attached hydrogen (secondary N) is 2. The van der Waals surface area contributed by atoms with Gasteiger partial charge in [0, 0.05) is 18.9 Å². The van der Waals surface area contributed by atoms with Crippen LogP contribution in [0.3, 0.4) is 0 Å². The van der Waals surface area contributed by atoms with Gasteiger partial charge in [0.25, 0.3) is 0 Å². The van der Waals surface area contributed by atoms with Gasteiger partial charge in [-0.3, -0.25) is 4.98 Å². The molecule has 2 heterocycles. The monoisotopic (exact) mass is 309 g/mol. The van der Waals surface area contributed by atoms with E-state index in [1.54, 1.807) is 30.6 Å². The zero-order chi connectivity index (χ0) is 15.9. The number of halogens is 1. The van der Waals surface area contributed by atoms with Crippen LogP contribution in [0.4, 0.5) is 16.2 Å². The zero-order valence-corrected chi connectivity index (χ0v) is 12.4. The molecule has 0 fully saturated rings. The lowest BCUT2D eigenvalue weighted by atomic mass is 10.2. The topological polar surface area (TPSA) is 62.7 Å². The van der Waals surface area contributed by atoms with E-state index in [2.05, 4.69) is 25.6 Å². The summed E-state index contributed by atoms with van der Waals surface area (Å²) < 4.78 is 12.9. The fourth-order valence-electron chi connectivity index (χ4n) is 2.01. The SMILES string of the molecule is Fc1ccc(CNc2nccc(NCc3ccccn3)n2)cc1. The third kappa shape index (κ3) is 4.47. The Hall–Kier alpha value is -3.02. The van der Waals surface area contributed by atoms with Crippen LogP contribution in [-0.4, -0.2) is 15.0 Å². The second-order valence-electron chi connectivity index (χ2n) is 4.92.